The van der Waals surface area contributed by atoms with Gasteiger partial charge in [-0.3, -0.25) is 9.69 Å². The Bertz CT molecular complexity index is 704. The minimum Gasteiger partial charge on any atom is -0.346 e. The number of nitrogens with zero attached hydrogens (tertiary/aromatic N) is 3. The van der Waals surface area contributed by atoms with Gasteiger partial charge in [-0.05, 0) is 25.1 Å². The van der Waals surface area contributed by atoms with E-state index in [0.717, 1.165) is 31.3 Å². The molecule has 0 aliphatic carbocycles. The Morgan fingerprint density at radius 3 is 2.75 bits per heavy atom. The van der Waals surface area contributed by atoms with Gasteiger partial charge in [0.1, 0.15) is 5.82 Å². The maximum Gasteiger partial charge on any atom is 0.241 e. The van der Waals surface area contributed by atoms with Crippen LogP contribution in [0.2, 0.25) is 0 Å². The molecule has 24 heavy (non-hydrogen) atoms. The Morgan fingerprint density at radius 2 is 2.12 bits per heavy atom. The molecule has 1 aromatic heterocycles. The third kappa shape index (κ3) is 3.93. The molecule has 1 aliphatic rings. The lowest BCUT2D eigenvalue weighted by atomic mass is 10.2. The number of aromatic nitrogens is 1. The summed E-state index contributed by atoms with van der Waals surface area (Å²) in [6.45, 7) is 5.06. The van der Waals surface area contributed by atoms with Crippen molar-refractivity contribution in [3.63, 3.8) is 0 Å². The van der Waals surface area contributed by atoms with E-state index in [-0.39, 0.29) is 17.6 Å². The third-order valence-electron chi connectivity index (χ3n) is 4.12. The van der Waals surface area contributed by atoms with Crippen molar-refractivity contribution in [2.75, 3.05) is 36.4 Å². The lowest BCUT2D eigenvalue weighted by Crippen LogP contribution is -2.52. The number of nitrogens with one attached hydrogen (secondary N) is 1. The van der Waals surface area contributed by atoms with Gasteiger partial charge in [0, 0.05) is 42.2 Å². The Labute approximate surface area is 152 Å². The summed E-state index contributed by atoms with van der Waals surface area (Å²) in [5, 5.41) is 5.65. The first-order valence-corrected chi connectivity index (χ1v) is 9.36. The minimum atomic E-state index is -0.446. The van der Waals surface area contributed by atoms with Gasteiger partial charge >= 0.3 is 0 Å². The summed E-state index contributed by atoms with van der Waals surface area (Å²) in [7, 11) is 0. The van der Waals surface area contributed by atoms with Crippen LogP contribution in [0, 0.1) is 5.82 Å². The molecule has 0 radical (unpaired) electrons. The molecule has 8 heteroatoms. The molecule has 1 saturated heterocycles. The zero-order valence-corrected chi connectivity index (χ0v) is 15.6. The number of amides is 1. The van der Waals surface area contributed by atoms with Gasteiger partial charge in [-0.25, -0.2) is 9.37 Å². The van der Waals surface area contributed by atoms with Crippen LogP contribution >= 0.6 is 27.3 Å². The molecule has 3 rings (SSSR count). The largest absolute Gasteiger partial charge is 0.346 e. The van der Waals surface area contributed by atoms with Crippen molar-refractivity contribution in [1.29, 1.82) is 0 Å². The first-order valence-electron chi connectivity index (χ1n) is 7.69. The fourth-order valence-electron chi connectivity index (χ4n) is 2.67. The number of halogens is 2. The molecule has 5 nitrogen and oxygen atoms in total. The number of carbonyl (C=O) groups excluding carboxylic acids is 1. The van der Waals surface area contributed by atoms with E-state index in [2.05, 4.69) is 36.0 Å². The zero-order valence-electron chi connectivity index (χ0n) is 13.2. The van der Waals surface area contributed by atoms with Gasteiger partial charge in [-0.2, -0.15) is 0 Å². The molecule has 128 valence electrons. The smallest absolute Gasteiger partial charge is 0.241 e. The number of carbonyl (C=O) groups is 1. The van der Waals surface area contributed by atoms with Gasteiger partial charge in [-0.15, -0.1) is 11.3 Å². The summed E-state index contributed by atoms with van der Waals surface area (Å²) in [5.74, 6) is -0.641. The average molecular weight is 413 g/mol. The zero-order chi connectivity index (χ0) is 17.1. The first kappa shape index (κ1) is 17.3. The maximum atomic E-state index is 13.9. The third-order valence-corrected chi connectivity index (χ3v) is 5.45. The number of hydrogen-bond donors (Lipinski definition) is 1. The van der Waals surface area contributed by atoms with Gasteiger partial charge in [-0.1, -0.05) is 15.9 Å². The second kappa shape index (κ2) is 7.58. The van der Waals surface area contributed by atoms with Gasteiger partial charge in [0.15, 0.2) is 5.13 Å². The van der Waals surface area contributed by atoms with Crippen molar-refractivity contribution < 1.29 is 9.18 Å². The van der Waals surface area contributed by atoms with Crippen LogP contribution in [-0.4, -0.2) is 48.0 Å². The maximum absolute atomic E-state index is 13.9. The highest BCUT2D eigenvalue weighted by Crippen LogP contribution is 2.21. The Kier molecular flexibility index (Phi) is 5.47. The molecule has 1 fully saturated rings. The number of rotatable bonds is 4. The number of hydrogen-bond acceptors (Lipinski definition) is 5. The summed E-state index contributed by atoms with van der Waals surface area (Å²) < 4.78 is 14.5. The van der Waals surface area contributed by atoms with Gasteiger partial charge in [0.2, 0.25) is 5.91 Å². The Balaban J connectivity index is 1.56. The van der Waals surface area contributed by atoms with Crippen LogP contribution in [0.15, 0.2) is 34.2 Å². The van der Waals surface area contributed by atoms with Gasteiger partial charge in [0.05, 0.1) is 11.7 Å². The van der Waals surface area contributed by atoms with Crippen LogP contribution in [0.4, 0.5) is 15.2 Å². The van der Waals surface area contributed by atoms with Crippen molar-refractivity contribution >= 4 is 44.0 Å². The van der Waals surface area contributed by atoms with E-state index < -0.39 is 5.82 Å². The second-order valence-corrected chi connectivity index (χ2v) is 7.42. The van der Waals surface area contributed by atoms with Crippen molar-refractivity contribution in [2.24, 2.45) is 0 Å². The second-order valence-electron chi connectivity index (χ2n) is 5.63. The molecular weight excluding hydrogens is 395 g/mol. The molecule has 1 unspecified atom stereocenters. The Hall–Kier alpha value is -1.51. The fourth-order valence-corrected chi connectivity index (χ4v) is 3.70. The van der Waals surface area contributed by atoms with E-state index in [4.69, 9.17) is 0 Å². The number of piperazine rings is 1. The summed E-state index contributed by atoms with van der Waals surface area (Å²) in [6.07, 6.45) is 1.80. The highest BCUT2D eigenvalue weighted by molar-refractivity contribution is 9.10. The molecule has 2 aromatic rings. The lowest BCUT2D eigenvalue weighted by molar-refractivity contribution is -0.120. The van der Waals surface area contributed by atoms with Crippen LogP contribution in [0.25, 0.3) is 0 Å². The van der Waals surface area contributed by atoms with E-state index in [0.29, 0.717) is 4.47 Å². The highest BCUT2D eigenvalue weighted by atomic mass is 79.9. The molecule has 0 bridgehead atoms. The van der Waals surface area contributed by atoms with E-state index in [1.807, 2.05) is 12.3 Å². The number of anilines is 2. The summed E-state index contributed by atoms with van der Waals surface area (Å²) in [5.41, 5.74) is 0.205. The van der Waals surface area contributed by atoms with Crippen molar-refractivity contribution in [1.82, 2.24) is 9.88 Å². The monoisotopic (exact) mass is 412 g/mol. The first-order chi connectivity index (χ1) is 11.5. The molecule has 0 spiro atoms. The molecular formula is C16H18BrFN4OS. The van der Waals surface area contributed by atoms with E-state index >= 15 is 0 Å². The van der Waals surface area contributed by atoms with E-state index in [1.54, 1.807) is 29.7 Å². The summed E-state index contributed by atoms with van der Waals surface area (Å²) in [4.78, 5) is 21.1. The molecule has 2 heterocycles. The molecule has 1 amide bonds. The van der Waals surface area contributed by atoms with Crippen LogP contribution in [-0.2, 0) is 4.79 Å². The van der Waals surface area contributed by atoms with Crippen LogP contribution < -0.4 is 10.2 Å². The number of benzene rings is 1. The van der Waals surface area contributed by atoms with Crippen LogP contribution in [0.1, 0.15) is 6.92 Å². The topological polar surface area (TPSA) is 48.5 Å². The normalized spacial score (nSPS) is 16.9. The van der Waals surface area contributed by atoms with E-state index in [1.165, 1.54) is 6.07 Å². The van der Waals surface area contributed by atoms with Crippen LogP contribution in [0.5, 0.6) is 0 Å². The summed E-state index contributed by atoms with van der Waals surface area (Å²) >= 11 is 4.83. The van der Waals surface area contributed by atoms with E-state index in [9.17, 15) is 9.18 Å². The quantitative estimate of drug-likeness (QED) is 0.837. The number of thiazole rings is 1. The average Bonchev–Trinajstić information content (AvgIpc) is 3.11. The fraction of sp³-hybridized carbons (Fsp3) is 0.375. The summed E-state index contributed by atoms with van der Waals surface area (Å²) in [6, 6.07) is 4.29. The molecule has 1 aliphatic heterocycles. The molecule has 0 saturated carbocycles. The highest BCUT2D eigenvalue weighted by Gasteiger charge is 2.26. The van der Waals surface area contributed by atoms with Crippen molar-refractivity contribution in [2.45, 2.75) is 13.0 Å². The molecule has 1 N–H and O–H groups in total. The SMILES string of the molecule is CC(C(=O)Nc1ccc(Br)cc1F)N1CCN(c2nccs2)CC1. The van der Waals surface area contributed by atoms with Gasteiger partial charge < -0.3 is 10.2 Å². The lowest BCUT2D eigenvalue weighted by Gasteiger charge is -2.37. The minimum absolute atomic E-state index is 0.195. The molecule has 1 atom stereocenters. The van der Waals surface area contributed by atoms with Crippen molar-refractivity contribution in [3.8, 4) is 0 Å². The molecule has 1 aromatic carbocycles. The van der Waals surface area contributed by atoms with Crippen molar-refractivity contribution in [3.05, 3.63) is 40.1 Å². The standard InChI is InChI=1S/C16H18BrFN4OS/c1-11(15(23)20-14-3-2-12(17)10-13(14)18)21-5-7-22(8-6-21)16-19-4-9-24-16/h2-4,9-11H,5-8H2,1H3,(H,20,23). The predicted molar refractivity (Wildman–Crippen MR) is 98.1 cm³/mol. The Morgan fingerprint density at radius 1 is 1.38 bits per heavy atom. The van der Waals surface area contributed by atoms with Gasteiger partial charge in [0.25, 0.3) is 0 Å². The van der Waals surface area contributed by atoms with Crippen LogP contribution in [0.3, 0.4) is 0 Å². The predicted octanol–water partition coefficient (Wildman–Crippen LogP) is 3.19.